The van der Waals surface area contributed by atoms with E-state index in [1.807, 2.05) is 12.1 Å². The number of hydrogen-bond donors (Lipinski definition) is 1. The van der Waals surface area contributed by atoms with Crippen molar-refractivity contribution in [2.45, 2.75) is 24.9 Å². The van der Waals surface area contributed by atoms with Gasteiger partial charge in [0.25, 0.3) is 11.8 Å². The van der Waals surface area contributed by atoms with Gasteiger partial charge in [-0.2, -0.15) is 0 Å². The number of likely N-dealkylation sites (N-methyl/N-ethyl adjacent to an activating group) is 1. The first-order valence-corrected chi connectivity index (χ1v) is 10.6. The van der Waals surface area contributed by atoms with E-state index >= 15 is 0 Å². The zero-order chi connectivity index (χ0) is 20.9. The molecule has 1 saturated carbocycles. The van der Waals surface area contributed by atoms with Crippen LogP contribution in [-0.4, -0.2) is 77.1 Å². The third-order valence-corrected chi connectivity index (χ3v) is 6.49. The van der Waals surface area contributed by atoms with E-state index in [2.05, 4.69) is 35.1 Å². The predicted molar refractivity (Wildman–Crippen MR) is 113 cm³/mol. The maximum absolute atomic E-state index is 12.9. The molecule has 3 aliphatic rings. The van der Waals surface area contributed by atoms with Crippen molar-refractivity contribution < 1.29 is 14.7 Å². The van der Waals surface area contributed by atoms with Gasteiger partial charge < -0.3 is 19.8 Å². The zero-order valence-electron chi connectivity index (χ0n) is 17.2. The minimum absolute atomic E-state index is 0.0677. The molecule has 30 heavy (non-hydrogen) atoms. The fourth-order valence-electron chi connectivity index (χ4n) is 4.34. The number of pyridine rings is 1. The topological polar surface area (TPSA) is 77.0 Å². The fraction of sp³-hybridized carbons (Fsp3) is 0.435. The average molecular weight is 406 g/mol. The minimum atomic E-state index is -1.14. The van der Waals surface area contributed by atoms with Gasteiger partial charge in [0.15, 0.2) is 0 Å². The summed E-state index contributed by atoms with van der Waals surface area (Å²) in [6.45, 7) is 2.91. The van der Waals surface area contributed by atoms with Gasteiger partial charge >= 0.3 is 0 Å². The van der Waals surface area contributed by atoms with Crippen LogP contribution in [0.2, 0.25) is 0 Å². The molecule has 7 heteroatoms. The first kappa shape index (κ1) is 19.1. The van der Waals surface area contributed by atoms with Gasteiger partial charge in [-0.25, -0.2) is 0 Å². The second kappa shape index (κ2) is 7.09. The Bertz CT molecular complexity index is 992. The number of aromatic nitrogens is 1. The van der Waals surface area contributed by atoms with Gasteiger partial charge in [-0.3, -0.25) is 14.6 Å². The average Bonchev–Trinajstić information content (AvgIpc) is 3.44. The molecule has 2 amide bonds. The van der Waals surface area contributed by atoms with Crippen LogP contribution in [0.3, 0.4) is 0 Å². The molecule has 0 unspecified atom stereocenters. The predicted octanol–water partition coefficient (Wildman–Crippen LogP) is 1.55. The molecule has 1 aliphatic carbocycles. The quantitative estimate of drug-likeness (QED) is 0.837. The third-order valence-electron chi connectivity index (χ3n) is 6.49. The van der Waals surface area contributed by atoms with E-state index in [9.17, 15) is 14.7 Å². The molecule has 0 bridgehead atoms. The summed E-state index contributed by atoms with van der Waals surface area (Å²) in [7, 11) is 2.10. The van der Waals surface area contributed by atoms with Gasteiger partial charge in [0, 0.05) is 57.2 Å². The third kappa shape index (κ3) is 3.33. The SMILES string of the molecule is CN1CCc2cc(-c3ccc(C(=O)N4CCN(C(=O)C5(O)CC5)CC4)cn3)ccc21. The molecule has 156 valence electrons. The molecule has 1 saturated heterocycles. The number of fused-ring (bicyclic) bond motifs is 1. The standard InChI is InChI=1S/C23H26N4O3/c1-25-9-6-17-14-16(3-5-20(17)25)19-4-2-18(15-24-19)21(28)26-10-12-27(13-11-26)22(29)23(30)7-8-23/h2-5,14-15,30H,6-13H2,1H3. The van der Waals surface area contributed by atoms with Crippen LogP contribution in [0.5, 0.6) is 0 Å². The molecule has 5 rings (SSSR count). The lowest BCUT2D eigenvalue weighted by molar-refractivity contribution is -0.143. The van der Waals surface area contributed by atoms with E-state index in [0.29, 0.717) is 44.6 Å². The van der Waals surface area contributed by atoms with Crippen molar-refractivity contribution >= 4 is 17.5 Å². The highest BCUT2D eigenvalue weighted by Gasteiger charge is 2.50. The van der Waals surface area contributed by atoms with Crippen LogP contribution in [0.15, 0.2) is 36.5 Å². The van der Waals surface area contributed by atoms with Crippen molar-refractivity contribution in [3.05, 3.63) is 47.7 Å². The van der Waals surface area contributed by atoms with Crippen LogP contribution in [0.25, 0.3) is 11.3 Å². The molecule has 1 aromatic carbocycles. The van der Waals surface area contributed by atoms with Crippen molar-refractivity contribution in [2.24, 2.45) is 0 Å². The molecular formula is C23H26N4O3. The van der Waals surface area contributed by atoms with Crippen LogP contribution in [0.4, 0.5) is 5.69 Å². The summed E-state index contributed by atoms with van der Waals surface area (Å²) in [6.07, 6.45) is 3.78. The number of piperazine rings is 1. The number of aliphatic hydroxyl groups is 1. The van der Waals surface area contributed by atoms with E-state index in [1.165, 1.54) is 11.3 Å². The van der Waals surface area contributed by atoms with Crippen molar-refractivity contribution in [3.63, 3.8) is 0 Å². The Hall–Kier alpha value is -2.93. The molecule has 3 heterocycles. The molecule has 2 aliphatic heterocycles. The van der Waals surface area contributed by atoms with E-state index in [4.69, 9.17) is 0 Å². The first-order valence-electron chi connectivity index (χ1n) is 10.6. The number of anilines is 1. The summed E-state index contributed by atoms with van der Waals surface area (Å²) in [5.41, 5.74) is 3.95. The second-order valence-electron chi connectivity index (χ2n) is 8.56. The van der Waals surface area contributed by atoms with Crippen LogP contribution in [0, 0.1) is 0 Å². The van der Waals surface area contributed by atoms with Crippen molar-refractivity contribution in [1.29, 1.82) is 0 Å². The highest BCUT2D eigenvalue weighted by molar-refractivity contribution is 5.94. The monoisotopic (exact) mass is 406 g/mol. The van der Waals surface area contributed by atoms with Crippen molar-refractivity contribution in [3.8, 4) is 11.3 Å². The van der Waals surface area contributed by atoms with Crippen LogP contribution in [-0.2, 0) is 11.2 Å². The van der Waals surface area contributed by atoms with E-state index in [-0.39, 0.29) is 11.8 Å². The number of hydrogen-bond acceptors (Lipinski definition) is 5. The lowest BCUT2D eigenvalue weighted by Gasteiger charge is -2.35. The maximum Gasteiger partial charge on any atom is 0.255 e. The Labute approximate surface area is 175 Å². The Morgan fingerprint density at radius 3 is 2.40 bits per heavy atom. The summed E-state index contributed by atoms with van der Waals surface area (Å²) >= 11 is 0. The summed E-state index contributed by atoms with van der Waals surface area (Å²) in [5.74, 6) is -0.261. The van der Waals surface area contributed by atoms with E-state index < -0.39 is 5.60 Å². The lowest BCUT2D eigenvalue weighted by Crippen LogP contribution is -2.53. The number of carbonyl (C=O) groups is 2. The Morgan fingerprint density at radius 1 is 1.00 bits per heavy atom. The first-order chi connectivity index (χ1) is 14.4. The molecule has 0 radical (unpaired) electrons. The second-order valence-corrected chi connectivity index (χ2v) is 8.56. The number of rotatable bonds is 3. The number of benzene rings is 1. The highest BCUT2D eigenvalue weighted by Crippen LogP contribution is 2.37. The highest BCUT2D eigenvalue weighted by atomic mass is 16.3. The van der Waals surface area contributed by atoms with Gasteiger partial charge in [0.05, 0.1) is 11.3 Å². The molecule has 2 aromatic rings. The van der Waals surface area contributed by atoms with Gasteiger partial charge in [0.1, 0.15) is 5.60 Å². The van der Waals surface area contributed by atoms with Gasteiger partial charge in [0.2, 0.25) is 0 Å². The van der Waals surface area contributed by atoms with Crippen LogP contribution < -0.4 is 4.90 Å². The van der Waals surface area contributed by atoms with Gasteiger partial charge in [-0.1, -0.05) is 6.07 Å². The van der Waals surface area contributed by atoms with Crippen LogP contribution >= 0.6 is 0 Å². The van der Waals surface area contributed by atoms with E-state index in [0.717, 1.165) is 24.2 Å². The minimum Gasteiger partial charge on any atom is -0.380 e. The number of amides is 2. The molecule has 1 N–H and O–H groups in total. The fourth-order valence-corrected chi connectivity index (χ4v) is 4.34. The molecule has 0 spiro atoms. The van der Waals surface area contributed by atoms with Crippen molar-refractivity contribution in [1.82, 2.24) is 14.8 Å². The Kier molecular flexibility index (Phi) is 4.50. The lowest BCUT2D eigenvalue weighted by atomic mass is 10.0. The van der Waals surface area contributed by atoms with Gasteiger partial charge in [-0.15, -0.1) is 0 Å². The molecule has 0 atom stereocenters. The molecular weight excluding hydrogens is 380 g/mol. The summed E-state index contributed by atoms with van der Waals surface area (Å²) in [5, 5.41) is 10.0. The summed E-state index contributed by atoms with van der Waals surface area (Å²) < 4.78 is 0. The molecule has 1 aromatic heterocycles. The zero-order valence-corrected chi connectivity index (χ0v) is 17.2. The summed E-state index contributed by atoms with van der Waals surface area (Å²) in [4.78, 5) is 35.3. The maximum atomic E-state index is 12.9. The van der Waals surface area contributed by atoms with Crippen molar-refractivity contribution in [2.75, 3.05) is 44.7 Å². The molecule has 7 nitrogen and oxygen atoms in total. The number of carbonyl (C=O) groups excluding carboxylic acids is 2. The largest absolute Gasteiger partial charge is 0.380 e. The van der Waals surface area contributed by atoms with Gasteiger partial charge in [-0.05, 0) is 49.1 Å². The molecule has 2 fully saturated rings. The van der Waals surface area contributed by atoms with Crippen LogP contribution in [0.1, 0.15) is 28.8 Å². The Morgan fingerprint density at radius 2 is 1.73 bits per heavy atom. The van der Waals surface area contributed by atoms with E-state index in [1.54, 1.807) is 16.0 Å². The summed E-state index contributed by atoms with van der Waals surface area (Å²) in [6, 6.07) is 10.1. The normalized spacial score (nSPS) is 19.6. The smallest absolute Gasteiger partial charge is 0.255 e. The number of nitrogens with zero attached hydrogens (tertiary/aromatic N) is 4. The Balaban J connectivity index is 1.24.